The number of fused-ring (bicyclic) bond motifs is 5. The van der Waals surface area contributed by atoms with Crippen LogP contribution < -0.4 is 0 Å². The van der Waals surface area contributed by atoms with Gasteiger partial charge in [0.05, 0.1) is 24.7 Å². The zero-order valence-corrected chi connectivity index (χ0v) is 22.5. The molecule has 0 aromatic heterocycles. The van der Waals surface area contributed by atoms with Crippen molar-refractivity contribution in [2.24, 2.45) is 39.4 Å². The molecular weight excluding hydrogens is 440 g/mol. The van der Waals surface area contributed by atoms with E-state index in [1.807, 2.05) is 13.0 Å². The van der Waals surface area contributed by atoms with Gasteiger partial charge in [0.15, 0.2) is 0 Å². The molecule has 5 nitrogen and oxygen atoms in total. The molecule has 0 aliphatic heterocycles. The van der Waals surface area contributed by atoms with Gasteiger partial charge in [-0.1, -0.05) is 58.4 Å². The van der Waals surface area contributed by atoms with Crippen LogP contribution in [-0.2, 0) is 4.79 Å². The molecule has 196 valence electrons. The van der Waals surface area contributed by atoms with E-state index in [0.717, 1.165) is 31.3 Å². The normalized spacial score (nSPS) is 43.4. The topological polar surface area (TPSA) is 98.0 Å². The Labute approximate surface area is 211 Å². The molecule has 0 saturated heterocycles. The molecule has 0 heterocycles. The van der Waals surface area contributed by atoms with E-state index >= 15 is 0 Å². The lowest BCUT2D eigenvalue weighted by atomic mass is 9.44. The molecule has 35 heavy (non-hydrogen) atoms. The van der Waals surface area contributed by atoms with Crippen LogP contribution in [0.15, 0.2) is 34.9 Å². The van der Waals surface area contributed by atoms with Gasteiger partial charge < -0.3 is 20.4 Å². The molecule has 4 rings (SSSR count). The zero-order valence-electron chi connectivity index (χ0n) is 22.5. The summed E-state index contributed by atoms with van der Waals surface area (Å²) in [5.41, 5.74) is 2.72. The summed E-state index contributed by atoms with van der Waals surface area (Å²) < 4.78 is 0. The summed E-state index contributed by atoms with van der Waals surface area (Å²) in [7, 11) is 0. The van der Waals surface area contributed by atoms with Gasteiger partial charge in [-0.25, -0.2) is 0 Å². The SMILES string of the molecule is C/C(=C/CC[C@@H](C(=O)O)[C@H]1C(O)C[C@@]2(C)C3=CC[C@H]4C(C)(C)C(O)CC[C@]4(C)C3=CC[C@]12C)CO. The number of carbonyl (C=O) groups is 1. The Bertz CT molecular complexity index is 960. The van der Waals surface area contributed by atoms with E-state index in [4.69, 9.17) is 0 Å². The quantitative estimate of drug-likeness (QED) is 0.384. The number of aliphatic hydroxyl groups is 3. The third-order valence-corrected chi connectivity index (χ3v) is 11.2. The Morgan fingerprint density at radius 2 is 1.83 bits per heavy atom. The second-order valence-electron chi connectivity index (χ2n) is 13.3. The first-order valence-electron chi connectivity index (χ1n) is 13.5. The second kappa shape index (κ2) is 8.85. The summed E-state index contributed by atoms with van der Waals surface area (Å²) in [4.78, 5) is 12.5. The van der Waals surface area contributed by atoms with Crippen molar-refractivity contribution in [2.75, 3.05) is 6.61 Å². The molecule has 4 aliphatic rings. The molecule has 2 saturated carbocycles. The summed E-state index contributed by atoms with van der Waals surface area (Å²) in [5, 5.41) is 41.8. The maximum Gasteiger partial charge on any atom is 0.306 e. The van der Waals surface area contributed by atoms with Crippen molar-refractivity contribution in [1.29, 1.82) is 0 Å². The highest BCUT2D eigenvalue weighted by molar-refractivity contribution is 5.71. The van der Waals surface area contributed by atoms with Crippen LogP contribution in [0.1, 0.15) is 86.5 Å². The molecule has 2 fully saturated rings. The predicted octanol–water partition coefficient (Wildman–Crippen LogP) is 5.26. The molecule has 0 bridgehead atoms. The monoisotopic (exact) mass is 486 g/mol. The van der Waals surface area contributed by atoms with Crippen LogP contribution >= 0.6 is 0 Å². The van der Waals surface area contributed by atoms with Crippen LogP contribution in [0.2, 0.25) is 0 Å². The zero-order chi connectivity index (χ0) is 26.0. The highest BCUT2D eigenvalue weighted by Gasteiger charge is 2.66. The molecule has 0 spiro atoms. The van der Waals surface area contributed by atoms with Gasteiger partial charge in [-0.15, -0.1) is 0 Å². The van der Waals surface area contributed by atoms with Gasteiger partial charge in [-0.05, 0) is 85.2 Å². The third kappa shape index (κ3) is 3.79. The second-order valence-corrected chi connectivity index (χ2v) is 13.3. The Morgan fingerprint density at radius 3 is 2.46 bits per heavy atom. The number of hydrogen-bond acceptors (Lipinski definition) is 4. The molecule has 0 aromatic carbocycles. The molecule has 2 unspecified atom stereocenters. The number of aliphatic hydroxyl groups excluding tert-OH is 3. The number of allylic oxidation sites excluding steroid dienone is 5. The van der Waals surface area contributed by atoms with Crippen molar-refractivity contribution >= 4 is 5.97 Å². The van der Waals surface area contributed by atoms with E-state index in [1.54, 1.807) is 0 Å². The van der Waals surface area contributed by atoms with Crippen LogP contribution in [-0.4, -0.2) is 45.2 Å². The van der Waals surface area contributed by atoms with E-state index < -0.39 is 18.0 Å². The average Bonchev–Trinajstić information content (AvgIpc) is 2.99. The Morgan fingerprint density at radius 1 is 1.14 bits per heavy atom. The highest BCUT2D eigenvalue weighted by atomic mass is 16.4. The number of aliphatic carboxylic acids is 1. The van der Waals surface area contributed by atoms with Gasteiger partial charge in [0, 0.05) is 11.3 Å². The molecule has 5 heteroatoms. The summed E-state index contributed by atoms with van der Waals surface area (Å²) >= 11 is 0. The van der Waals surface area contributed by atoms with Gasteiger partial charge in [-0.3, -0.25) is 4.79 Å². The largest absolute Gasteiger partial charge is 0.481 e. The van der Waals surface area contributed by atoms with Gasteiger partial charge in [0.1, 0.15) is 0 Å². The van der Waals surface area contributed by atoms with Gasteiger partial charge >= 0.3 is 5.97 Å². The first-order valence-corrected chi connectivity index (χ1v) is 13.5. The van der Waals surface area contributed by atoms with Crippen LogP contribution in [0.4, 0.5) is 0 Å². The van der Waals surface area contributed by atoms with E-state index in [0.29, 0.717) is 25.2 Å². The lowest BCUT2D eigenvalue weighted by Gasteiger charge is -2.61. The maximum absolute atomic E-state index is 12.5. The third-order valence-electron chi connectivity index (χ3n) is 11.2. The fourth-order valence-electron chi connectivity index (χ4n) is 8.85. The minimum atomic E-state index is -0.836. The summed E-state index contributed by atoms with van der Waals surface area (Å²) in [6.07, 6.45) is 10.7. The lowest BCUT2D eigenvalue weighted by Crippen LogP contribution is -2.54. The number of hydrogen-bond donors (Lipinski definition) is 4. The Hall–Kier alpha value is -1.43. The summed E-state index contributed by atoms with van der Waals surface area (Å²) in [6.45, 7) is 13.1. The van der Waals surface area contributed by atoms with Crippen molar-refractivity contribution in [3.8, 4) is 0 Å². The van der Waals surface area contributed by atoms with E-state index in [-0.39, 0.29) is 40.3 Å². The fraction of sp³-hybridized carbons (Fsp3) is 0.767. The Balaban J connectivity index is 1.72. The van der Waals surface area contributed by atoms with Crippen molar-refractivity contribution in [3.63, 3.8) is 0 Å². The average molecular weight is 487 g/mol. The van der Waals surface area contributed by atoms with Crippen molar-refractivity contribution in [1.82, 2.24) is 0 Å². The number of rotatable bonds is 6. The minimum absolute atomic E-state index is 0.0149. The predicted molar refractivity (Wildman–Crippen MR) is 138 cm³/mol. The first kappa shape index (κ1) is 26.6. The van der Waals surface area contributed by atoms with Crippen molar-refractivity contribution in [3.05, 3.63) is 34.9 Å². The van der Waals surface area contributed by atoms with E-state index in [2.05, 4.69) is 46.8 Å². The van der Waals surface area contributed by atoms with Crippen LogP contribution in [0.3, 0.4) is 0 Å². The highest BCUT2D eigenvalue weighted by Crippen LogP contribution is 2.71. The molecule has 8 atom stereocenters. The van der Waals surface area contributed by atoms with E-state index in [9.17, 15) is 25.2 Å². The first-order chi connectivity index (χ1) is 16.2. The van der Waals surface area contributed by atoms with Crippen LogP contribution in [0, 0.1) is 39.4 Å². The molecule has 4 N–H and O–H groups in total. The Kier molecular flexibility index (Phi) is 6.73. The van der Waals surface area contributed by atoms with Gasteiger partial charge in [0.25, 0.3) is 0 Å². The van der Waals surface area contributed by atoms with Gasteiger partial charge in [-0.2, -0.15) is 0 Å². The molecular formula is C30H46O5. The van der Waals surface area contributed by atoms with Crippen molar-refractivity contribution in [2.45, 2.75) is 98.7 Å². The fourth-order valence-corrected chi connectivity index (χ4v) is 8.85. The number of carboxylic acids is 1. The molecule has 0 aromatic rings. The van der Waals surface area contributed by atoms with E-state index in [1.165, 1.54) is 11.1 Å². The van der Waals surface area contributed by atoms with Crippen molar-refractivity contribution < 1.29 is 25.2 Å². The standard InChI is InChI=1S/C30H46O5/c1-18(17-31)8-7-9-19(26(34)35)25-22(32)16-30(6)21-10-11-23-27(2,3)24(33)13-14-28(23,4)20(21)12-15-29(25,30)5/h8,10,12,19,22-25,31-33H,7,9,11,13-17H2,1-6H3,(H,34,35)/b18-8-/t19-,22?,23+,24?,25+,28-,29-,30+/m1/s1. The summed E-state index contributed by atoms with van der Waals surface area (Å²) in [5.74, 6) is -1.44. The molecule has 0 radical (unpaired) electrons. The number of carboxylic acid groups (broad SMARTS) is 1. The molecule has 4 aliphatic carbocycles. The smallest absolute Gasteiger partial charge is 0.306 e. The lowest BCUT2D eigenvalue weighted by molar-refractivity contribution is -0.148. The van der Waals surface area contributed by atoms with Gasteiger partial charge in [0.2, 0.25) is 0 Å². The van der Waals surface area contributed by atoms with Crippen LogP contribution in [0.5, 0.6) is 0 Å². The maximum atomic E-state index is 12.5. The van der Waals surface area contributed by atoms with Crippen LogP contribution in [0.25, 0.3) is 0 Å². The summed E-state index contributed by atoms with van der Waals surface area (Å²) in [6, 6.07) is 0. The molecule has 0 amide bonds. The minimum Gasteiger partial charge on any atom is -0.481 e.